The summed E-state index contributed by atoms with van der Waals surface area (Å²) in [7, 11) is 0. The van der Waals surface area contributed by atoms with Crippen LogP contribution in [0.2, 0.25) is 5.02 Å². The summed E-state index contributed by atoms with van der Waals surface area (Å²) in [6, 6.07) is 16.2. The van der Waals surface area contributed by atoms with Crippen molar-refractivity contribution in [1.82, 2.24) is 15.0 Å². The van der Waals surface area contributed by atoms with Gasteiger partial charge in [0.25, 0.3) is 5.89 Å². The van der Waals surface area contributed by atoms with Crippen LogP contribution in [0.5, 0.6) is 0 Å². The second-order valence-corrected chi connectivity index (χ2v) is 9.85. The van der Waals surface area contributed by atoms with Crippen molar-refractivity contribution in [2.75, 3.05) is 13.1 Å². The van der Waals surface area contributed by atoms with Crippen LogP contribution >= 0.6 is 11.6 Å². The zero-order valence-electron chi connectivity index (χ0n) is 19.4. The molecule has 5 rings (SSSR count). The van der Waals surface area contributed by atoms with Crippen LogP contribution in [0.25, 0.3) is 17.5 Å². The highest BCUT2D eigenvalue weighted by Gasteiger charge is 2.32. The second-order valence-electron chi connectivity index (χ2n) is 9.41. The minimum atomic E-state index is -1.22. The number of aromatic nitrogens is 2. The zero-order valence-corrected chi connectivity index (χ0v) is 20.2. The molecule has 1 aliphatic carbocycles. The van der Waals surface area contributed by atoms with E-state index in [1.807, 2.05) is 42.5 Å². The van der Waals surface area contributed by atoms with Crippen LogP contribution in [0.15, 0.2) is 59.1 Å². The van der Waals surface area contributed by atoms with E-state index < -0.39 is 6.16 Å². The van der Waals surface area contributed by atoms with E-state index in [9.17, 15) is 4.79 Å². The molecule has 3 aromatic rings. The fourth-order valence-electron chi connectivity index (χ4n) is 5.07. The Morgan fingerprint density at radius 3 is 2.66 bits per heavy atom. The summed E-state index contributed by atoms with van der Waals surface area (Å²) in [5.74, 6) is 1.04. The molecule has 1 aliphatic heterocycles. The Morgan fingerprint density at radius 2 is 1.94 bits per heavy atom. The van der Waals surface area contributed by atoms with Gasteiger partial charge in [-0.05, 0) is 36.1 Å². The molecule has 35 heavy (non-hydrogen) atoms. The largest absolute Gasteiger partial charge is 0.506 e. The lowest BCUT2D eigenvalue weighted by molar-refractivity contribution is -0.0363. The molecule has 182 valence electrons. The molecule has 1 saturated carbocycles. The van der Waals surface area contributed by atoms with E-state index >= 15 is 0 Å². The van der Waals surface area contributed by atoms with E-state index in [1.165, 1.54) is 24.8 Å². The molecular weight excluding hydrogens is 466 g/mol. The van der Waals surface area contributed by atoms with E-state index in [2.05, 4.69) is 33.2 Å². The molecule has 1 aromatic heterocycles. The minimum absolute atomic E-state index is 0.0647. The first-order valence-electron chi connectivity index (χ1n) is 12.0. The number of benzene rings is 2. The lowest BCUT2D eigenvalue weighted by Crippen LogP contribution is -2.52. The maximum atomic E-state index is 10.6. The van der Waals surface area contributed by atoms with E-state index in [1.54, 1.807) is 0 Å². The number of ether oxygens (including phenoxy) is 1. The zero-order chi connectivity index (χ0) is 24.3. The van der Waals surface area contributed by atoms with Crippen molar-refractivity contribution in [3.8, 4) is 11.4 Å². The Kier molecular flexibility index (Phi) is 6.88. The van der Waals surface area contributed by atoms with Gasteiger partial charge in [0.1, 0.15) is 6.10 Å². The van der Waals surface area contributed by atoms with E-state index in [0.29, 0.717) is 24.8 Å². The number of carbonyl (C=O) groups is 1. The Morgan fingerprint density at radius 1 is 1.17 bits per heavy atom. The number of carboxylic acid groups (broad SMARTS) is 1. The van der Waals surface area contributed by atoms with Gasteiger partial charge in [-0.2, -0.15) is 4.98 Å². The molecule has 0 amide bonds. The van der Waals surface area contributed by atoms with Crippen LogP contribution in [-0.4, -0.2) is 45.5 Å². The molecule has 8 heteroatoms. The van der Waals surface area contributed by atoms with E-state index in [0.717, 1.165) is 35.5 Å². The molecule has 0 unspecified atom stereocenters. The van der Waals surface area contributed by atoms with Crippen molar-refractivity contribution in [3.05, 3.63) is 76.6 Å². The van der Waals surface area contributed by atoms with Gasteiger partial charge in [-0.15, -0.1) is 0 Å². The van der Waals surface area contributed by atoms with Crippen LogP contribution in [0.1, 0.15) is 49.1 Å². The average Bonchev–Trinajstić information content (AvgIpc) is 3.31. The summed E-state index contributed by atoms with van der Waals surface area (Å²) in [4.78, 5) is 17.3. The van der Waals surface area contributed by atoms with Gasteiger partial charge in [-0.25, -0.2) is 4.79 Å². The first kappa shape index (κ1) is 23.6. The number of nitrogens with zero attached hydrogens (tertiary/aromatic N) is 3. The van der Waals surface area contributed by atoms with Crippen molar-refractivity contribution in [2.45, 2.75) is 50.2 Å². The molecule has 2 aliphatic rings. The standard InChI is InChI=1S/C27H28ClN3O4/c28-22-6-4-5-21(15-22)27(12-2-1-3-13-27)14-11-24-29-25(30-35-24)20-9-7-19(8-10-20)16-31-17-23(18-31)34-26(32)33/h4-11,14-15,23H,1-3,12-13,16-18H2,(H,32,33)/b14-11+. The van der Waals surface area contributed by atoms with Crippen LogP contribution < -0.4 is 0 Å². The molecule has 0 spiro atoms. The first-order chi connectivity index (χ1) is 17.0. The molecular formula is C27H28ClN3O4. The van der Waals surface area contributed by atoms with Crippen molar-refractivity contribution in [2.24, 2.45) is 0 Å². The fourth-order valence-corrected chi connectivity index (χ4v) is 5.26. The van der Waals surface area contributed by atoms with Gasteiger partial charge in [-0.1, -0.05) is 78.5 Å². The normalized spacial score (nSPS) is 18.4. The first-order valence-corrected chi connectivity index (χ1v) is 12.4. The van der Waals surface area contributed by atoms with E-state index in [-0.39, 0.29) is 11.5 Å². The van der Waals surface area contributed by atoms with Gasteiger partial charge in [0.15, 0.2) is 0 Å². The predicted molar refractivity (Wildman–Crippen MR) is 133 cm³/mol. The van der Waals surface area contributed by atoms with Gasteiger partial charge in [0.2, 0.25) is 5.82 Å². The van der Waals surface area contributed by atoms with Gasteiger partial charge < -0.3 is 14.4 Å². The Bertz CT molecular complexity index is 1200. The Labute approximate surface area is 209 Å². The second kappa shape index (κ2) is 10.2. The minimum Gasteiger partial charge on any atom is -0.450 e. The van der Waals surface area contributed by atoms with Crippen LogP contribution in [0, 0.1) is 0 Å². The third kappa shape index (κ3) is 5.57. The molecule has 2 fully saturated rings. The number of halogens is 1. The molecule has 1 saturated heterocycles. The van der Waals surface area contributed by atoms with Crippen molar-refractivity contribution in [1.29, 1.82) is 0 Å². The van der Waals surface area contributed by atoms with Crippen molar-refractivity contribution in [3.63, 3.8) is 0 Å². The average molecular weight is 494 g/mol. The highest BCUT2D eigenvalue weighted by molar-refractivity contribution is 6.30. The molecule has 7 nitrogen and oxygen atoms in total. The predicted octanol–water partition coefficient (Wildman–Crippen LogP) is 6.18. The van der Waals surface area contributed by atoms with Gasteiger partial charge in [0.05, 0.1) is 0 Å². The third-order valence-electron chi connectivity index (χ3n) is 6.94. The molecule has 1 N–H and O–H groups in total. The molecule has 0 radical (unpaired) electrons. The topological polar surface area (TPSA) is 88.7 Å². The number of hydrogen-bond donors (Lipinski definition) is 1. The summed E-state index contributed by atoms with van der Waals surface area (Å²) in [6.45, 7) is 1.97. The SMILES string of the molecule is O=C(O)OC1CN(Cc2ccc(-c3noc(/C=C/C4(c5cccc(Cl)c5)CCCCC4)n3)cc2)C1. The maximum absolute atomic E-state index is 10.6. The van der Waals surface area contributed by atoms with Gasteiger partial charge in [0, 0.05) is 41.7 Å². The number of likely N-dealkylation sites (tertiary alicyclic amines) is 1. The summed E-state index contributed by atoms with van der Waals surface area (Å²) in [6.07, 6.45) is 8.48. The maximum Gasteiger partial charge on any atom is 0.506 e. The molecule has 0 bridgehead atoms. The Balaban J connectivity index is 1.24. The van der Waals surface area contributed by atoms with Gasteiger partial charge >= 0.3 is 6.16 Å². The van der Waals surface area contributed by atoms with E-state index in [4.69, 9.17) is 26.0 Å². The fraction of sp³-hybridized carbons (Fsp3) is 0.370. The summed E-state index contributed by atoms with van der Waals surface area (Å²) < 4.78 is 10.3. The van der Waals surface area contributed by atoms with Crippen LogP contribution in [0.3, 0.4) is 0 Å². The number of allylic oxidation sites excluding steroid dienone is 1. The van der Waals surface area contributed by atoms with Gasteiger partial charge in [-0.3, -0.25) is 4.90 Å². The highest BCUT2D eigenvalue weighted by atomic mass is 35.5. The quantitative estimate of drug-likeness (QED) is 0.393. The Hall–Kier alpha value is -3.16. The molecule has 2 aromatic carbocycles. The van der Waals surface area contributed by atoms with Crippen molar-refractivity contribution < 1.29 is 19.2 Å². The summed E-state index contributed by atoms with van der Waals surface area (Å²) in [5, 5.41) is 13.6. The monoisotopic (exact) mass is 493 g/mol. The highest BCUT2D eigenvalue weighted by Crippen LogP contribution is 2.41. The van der Waals surface area contributed by atoms with Crippen LogP contribution in [0.4, 0.5) is 4.79 Å². The number of hydrogen-bond acceptors (Lipinski definition) is 6. The lowest BCUT2D eigenvalue weighted by atomic mass is 9.69. The smallest absolute Gasteiger partial charge is 0.450 e. The van der Waals surface area contributed by atoms with Crippen LogP contribution in [-0.2, 0) is 16.7 Å². The third-order valence-corrected chi connectivity index (χ3v) is 7.18. The summed E-state index contributed by atoms with van der Waals surface area (Å²) >= 11 is 6.29. The number of rotatable bonds is 7. The van der Waals surface area contributed by atoms with Crippen molar-refractivity contribution >= 4 is 23.8 Å². The summed E-state index contributed by atoms with van der Waals surface area (Å²) in [5.41, 5.74) is 3.19. The molecule has 2 heterocycles. The lowest BCUT2D eigenvalue weighted by Gasteiger charge is -2.37. The molecule has 0 atom stereocenters.